The maximum absolute atomic E-state index is 11.0. The van der Waals surface area contributed by atoms with E-state index >= 15 is 0 Å². The molecule has 0 aliphatic carbocycles. The van der Waals surface area contributed by atoms with Gasteiger partial charge in [-0.3, -0.25) is 4.79 Å². The average molecular weight is 212 g/mol. The highest BCUT2D eigenvalue weighted by Crippen LogP contribution is 2.32. The lowest BCUT2D eigenvalue weighted by molar-refractivity contribution is -0.119. The fraction of sp³-hybridized carbons (Fsp3) is 0.300. The molecule has 0 unspecified atom stereocenters. The molecule has 0 aromatic heterocycles. The SMILES string of the molecule is O=C1CC[C@H](c2cc(Cl)ccc2O)N1. The van der Waals surface area contributed by atoms with Crippen LogP contribution in [-0.2, 0) is 4.79 Å². The van der Waals surface area contributed by atoms with Crippen molar-refractivity contribution in [3.63, 3.8) is 0 Å². The van der Waals surface area contributed by atoms with E-state index in [0.717, 1.165) is 0 Å². The molecule has 1 atom stereocenters. The van der Waals surface area contributed by atoms with E-state index in [1.54, 1.807) is 18.2 Å². The van der Waals surface area contributed by atoms with Crippen LogP contribution in [0.5, 0.6) is 5.75 Å². The molecule has 3 nitrogen and oxygen atoms in total. The number of hydrogen-bond acceptors (Lipinski definition) is 2. The molecule has 1 saturated heterocycles. The van der Waals surface area contributed by atoms with Crippen LogP contribution in [0.3, 0.4) is 0 Å². The van der Waals surface area contributed by atoms with Gasteiger partial charge in [0, 0.05) is 17.0 Å². The summed E-state index contributed by atoms with van der Waals surface area (Å²) in [4.78, 5) is 11.0. The average Bonchev–Trinajstić information content (AvgIpc) is 2.56. The molecule has 1 aromatic rings. The van der Waals surface area contributed by atoms with Crippen molar-refractivity contribution in [3.05, 3.63) is 28.8 Å². The number of hydrogen-bond donors (Lipinski definition) is 2. The quantitative estimate of drug-likeness (QED) is 0.747. The third-order valence-electron chi connectivity index (χ3n) is 2.36. The second-order valence-electron chi connectivity index (χ2n) is 3.36. The Hall–Kier alpha value is -1.22. The molecule has 2 N–H and O–H groups in total. The first-order valence-corrected chi connectivity index (χ1v) is 4.82. The fourth-order valence-electron chi connectivity index (χ4n) is 1.65. The summed E-state index contributed by atoms with van der Waals surface area (Å²) in [5, 5.41) is 12.9. The van der Waals surface area contributed by atoms with E-state index in [4.69, 9.17) is 11.6 Å². The van der Waals surface area contributed by atoms with Gasteiger partial charge < -0.3 is 10.4 Å². The number of benzene rings is 1. The highest BCUT2D eigenvalue weighted by atomic mass is 35.5. The van der Waals surface area contributed by atoms with E-state index in [-0.39, 0.29) is 17.7 Å². The van der Waals surface area contributed by atoms with Crippen LogP contribution in [0.4, 0.5) is 0 Å². The van der Waals surface area contributed by atoms with E-state index in [2.05, 4.69) is 5.32 Å². The van der Waals surface area contributed by atoms with Crippen molar-refractivity contribution in [3.8, 4) is 5.75 Å². The first kappa shape index (κ1) is 9.34. The van der Waals surface area contributed by atoms with E-state index in [1.807, 2.05) is 0 Å². The molecule has 0 radical (unpaired) electrons. The zero-order valence-electron chi connectivity index (χ0n) is 7.46. The van der Waals surface area contributed by atoms with Crippen molar-refractivity contribution < 1.29 is 9.90 Å². The van der Waals surface area contributed by atoms with Gasteiger partial charge in [0.25, 0.3) is 0 Å². The lowest BCUT2D eigenvalue weighted by Crippen LogP contribution is -2.18. The van der Waals surface area contributed by atoms with Crippen LogP contribution in [0.2, 0.25) is 5.02 Å². The Morgan fingerprint density at radius 1 is 1.50 bits per heavy atom. The topological polar surface area (TPSA) is 49.3 Å². The second kappa shape index (κ2) is 3.50. The van der Waals surface area contributed by atoms with E-state index < -0.39 is 0 Å². The first-order chi connectivity index (χ1) is 6.66. The minimum atomic E-state index is -0.0961. The normalized spacial score (nSPS) is 20.9. The summed E-state index contributed by atoms with van der Waals surface area (Å²) in [6.07, 6.45) is 1.23. The van der Waals surface area contributed by atoms with Crippen LogP contribution in [-0.4, -0.2) is 11.0 Å². The maximum Gasteiger partial charge on any atom is 0.220 e. The molecule has 1 heterocycles. The number of phenols is 1. The van der Waals surface area contributed by atoms with Gasteiger partial charge in [-0.05, 0) is 24.6 Å². The Labute approximate surface area is 86.7 Å². The van der Waals surface area contributed by atoms with Gasteiger partial charge in [-0.25, -0.2) is 0 Å². The first-order valence-electron chi connectivity index (χ1n) is 4.44. The van der Waals surface area contributed by atoms with Crippen LogP contribution in [0, 0.1) is 0 Å². The van der Waals surface area contributed by atoms with Gasteiger partial charge in [-0.15, -0.1) is 0 Å². The molecule has 1 aliphatic heterocycles. The predicted octanol–water partition coefficient (Wildman–Crippen LogP) is 2.00. The molecule has 1 aliphatic rings. The minimum absolute atomic E-state index is 0.0226. The molecule has 74 valence electrons. The van der Waals surface area contributed by atoms with Gasteiger partial charge in [0.15, 0.2) is 0 Å². The number of amides is 1. The maximum atomic E-state index is 11.0. The zero-order valence-corrected chi connectivity index (χ0v) is 8.21. The van der Waals surface area contributed by atoms with Crippen LogP contribution in [0.1, 0.15) is 24.4 Å². The number of nitrogens with one attached hydrogen (secondary N) is 1. The largest absolute Gasteiger partial charge is 0.508 e. The van der Waals surface area contributed by atoms with Crippen LogP contribution >= 0.6 is 11.6 Å². The lowest BCUT2D eigenvalue weighted by Gasteiger charge is -2.12. The van der Waals surface area contributed by atoms with Crippen molar-refractivity contribution in [1.82, 2.24) is 5.32 Å². The summed E-state index contributed by atoms with van der Waals surface area (Å²) in [7, 11) is 0. The highest BCUT2D eigenvalue weighted by Gasteiger charge is 2.24. The van der Waals surface area contributed by atoms with Crippen molar-refractivity contribution in [2.45, 2.75) is 18.9 Å². The lowest BCUT2D eigenvalue weighted by atomic mass is 10.0. The van der Waals surface area contributed by atoms with Crippen LogP contribution in [0.15, 0.2) is 18.2 Å². The molecule has 4 heteroatoms. The third kappa shape index (κ3) is 1.68. The molecule has 0 spiro atoms. The second-order valence-corrected chi connectivity index (χ2v) is 3.80. The van der Waals surface area contributed by atoms with Gasteiger partial charge >= 0.3 is 0 Å². The Kier molecular flexibility index (Phi) is 2.33. The summed E-state index contributed by atoms with van der Waals surface area (Å²) in [6, 6.07) is 4.76. The fourth-order valence-corrected chi connectivity index (χ4v) is 1.83. The number of carbonyl (C=O) groups excluding carboxylic acids is 1. The summed E-state index contributed by atoms with van der Waals surface area (Å²) < 4.78 is 0. The van der Waals surface area contributed by atoms with Gasteiger partial charge in [0.05, 0.1) is 6.04 Å². The van der Waals surface area contributed by atoms with Crippen LogP contribution in [0.25, 0.3) is 0 Å². The van der Waals surface area contributed by atoms with Gasteiger partial charge in [0.2, 0.25) is 5.91 Å². The van der Waals surface area contributed by atoms with Crippen molar-refractivity contribution in [2.75, 3.05) is 0 Å². The molecular formula is C10H10ClNO2. The molecule has 1 fully saturated rings. The summed E-state index contributed by atoms with van der Waals surface area (Å²) in [5.41, 5.74) is 0.698. The molecule has 1 aromatic carbocycles. The molecule has 14 heavy (non-hydrogen) atoms. The number of aromatic hydroxyl groups is 1. The van der Waals surface area contributed by atoms with Crippen molar-refractivity contribution >= 4 is 17.5 Å². The predicted molar refractivity (Wildman–Crippen MR) is 53.2 cm³/mol. The Bertz CT molecular complexity index is 378. The van der Waals surface area contributed by atoms with Gasteiger partial charge in [-0.2, -0.15) is 0 Å². The van der Waals surface area contributed by atoms with Crippen molar-refractivity contribution in [1.29, 1.82) is 0 Å². The zero-order chi connectivity index (χ0) is 10.1. The Balaban J connectivity index is 2.31. The molecular weight excluding hydrogens is 202 g/mol. The van der Waals surface area contributed by atoms with Crippen LogP contribution < -0.4 is 5.32 Å². The Morgan fingerprint density at radius 2 is 2.29 bits per heavy atom. The molecule has 0 saturated carbocycles. The Morgan fingerprint density at radius 3 is 2.93 bits per heavy atom. The van der Waals surface area contributed by atoms with E-state index in [0.29, 0.717) is 23.4 Å². The smallest absolute Gasteiger partial charge is 0.220 e. The highest BCUT2D eigenvalue weighted by molar-refractivity contribution is 6.30. The van der Waals surface area contributed by atoms with E-state index in [9.17, 15) is 9.90 Å². The van der Waals surface area contributed by atoms with Gasteiger partial charge in [0.1, 0.15) is 5.75 Å². The van der Waals surface area contributed by atoms with Crippen molar-refractivity contribution in [2.24, 2.45) is 0 Å². The van der Waals surface area contributed by atoms with Gasteiger partial charge in [-0.1, -0.05) is 11.6 Å². The number of halogens is 1. The minimum Gasteiger partial charge on any atom is -0.508 e. The molecule has 0 bridgehead atoms. The standard InChI is InChI=1S/C10H10ClNO2/c11-6-1-3-9(13)7(5-6)8-2-4-10(14)12-8/h1,3,5,8,13H,2,4H2,(H,12,14)/t8-/m1/s1. The summed E-state index contributed by atoms with van der Waals surface area (Å²) in [6.45, 7) is 0. The molecule has 2 rings (SSSR count). The molecule has 1 amide bonds. The number of carbonyl (C=O) groups is 1. The summed E-state index contributed by atoms with van der Waals surface area (Å²) in [5.74, 6) is 0.205. The number of rotatable bonds is 1. The van der Waals surface area contributed by atoms with E-state index in [1.165, 1.54) is 0 Å². The number of phenolic OH excluding ortho intramolecular Hbond substituents is 1. The monoisotopic (exact) mass is 211 g/mol. The third-order valence-corrected chi connectivity index (χ3v) is 2.60. The summed E-state index contributed by atoms with van der Waals surface area (Å²) >= 11 is 5.81.